The van der Waals surface area contributed by atoms with Crippen molar-refractivity contribution in [3.05, 3.63) is 64.9 Å². The molecule has 0 atom stereocenters. The third-order valence-electron chi connectivity index (χ3n) is 3.77. The zero-order valence-electron chi connectivity index (χ0n) is 14.4. The SMILES string of the molecule is Cc1cccc(-c2n[nH]c(=S)n2CC(=O)NCCOc2ccccc2)c1. The monoisotopic (exact) mass is 368 g/mol. The van der Waals surface area contributed by atoms with Crippen molar-refractivity contribution in [2.75, 3.05) is 13.2 Å². The van der Waals surface area contributed by atoms with E-state index >= 15 is 0 Å². The number of hydrogen-bond donors (Lipinski definition) is 2. The molecule has 0 saturated carbocycles. The lowest BCUT2D eigenvalue weighted by Gasteiger charge is -2.09. The summed E-state index contributed by atoms with van der Waals surface area (Å²) in [4.78, 5) is 12.2. The molecule has 3 rings (SSSR count). The van der Waals surface area contributed by atoms with Crippen molar-refractivity contribution in [2.24, 2.45) is 0 Å². The van der Waals surface area contributed by atoms with Gasteiger partial charge < -0.3 is 10.1 Å². The number of nitrogens with one attached hydrogen (secondary N) is 2. The minimum Gasteiger partial charge on any atom is -0.492 e. The zero-order chi connectivity index (χ0) is 18.4. The standard InChI is InChI=1S/C19H20N4O2S/c1-14-6-5-7-15(12-14)18-21-22-19(26)23(18)13-17(24)20-10-11-25-16-8-3-2-4-9-16/h2-9,12H,10-11,13H2,1H3,(H,20,24)(H,22,26). The first kappa shape index (κ1) is 17.9. The summed E-state index contributed by atoms with van der Waals surface area (Å²) in [7, 11) is 0. The second kappa shape index (κ2) is 8.44. The highest BCUT2D eigenvalue weighted by atomic mass is 32.1. The van der Waals surface area contributed by atoms with Crippen molar-refractivity contribution in [3.63, 3.8) is 0 Å². The molecule has 2 aromatic carbocycles. The molecule has 134 valence electrons. The third-order valence-corrected chi connectivity index (χ3v) is 4.08. The van der Waals surface area contributed by atoms with Crippen molar-refractivity contribution in [1.29, 1.82) is 0 Å². The van der Waals surface area contributed by atoms with Crippen LogP contribution in [0.3, 0.4) is 0 Å². The van der Waals surface area contributed by atoms with Crippen molar-refractivity contribution >= 4 is 18.1 Å². The van der Waals surface area contributed by atoms with E-state index in [1.165, 1.54) is 0 Å². The molecule has 2 N–H and O–H groups in total. The fourth-order valence-corrected chi connectivity index (χ4v) is 2.74. The number of carbonyl (C=O) groups excluding carboxylic acids is 1. The van der Waals surface area contributed by atoms with Gasteiger partial charge in [0.1, 0.15) is 18.9 Å². The molecule has 6 nitrogen and oxygen atoms in total. The van der Waals surface area contributed by atoms with Gasteiger partial charge in [0.25, 0.3) is 0 Å². The van der Waals surface area contributed by atoms with E-state index in [4.69, 9.17) is 17.0 Å². The number of amides is 1. The molecule has 0 aliphatic carbocycles. The third kappa shape index (κ3) is 4.58. The molecular formula is C19H20N4O2S. The molecule has 3 aromatic rings. The van der Waals surface area contributed by atoms with Crippen molar-refractivity contribution < 1.29 is 9.53 Å². The van der Waals surface area contributed by atoms with E-state index in [1.54, 1.807) is 4.57 Å². The van der Waals surface area contributed by atoms with E-state index in [0.717, 1.165) is 16.9 Å². The van der Waals surface area contributed by atoms with Crippen LogP contribution in [0.15, 0.2) is 54.6 Å². The maximum absolute atomic E-state index is 12.2. The Balaban J connectivity index is 1.58. The molecule has 0 saturated heterocycles. The molecule has 0 aliphatic rings. The molecular weight excluding hydrogens is 348 g/mol. The number of hydrogen-bond acceptors (Lipinski definition) is 4. The number of H-pyrrole nitrogens is 1. The van der Waals surface area contributed by atoms with Crippen LogP contribution in [-0.2, 0) is 11.3 Å². The van der Waals surface area contributed by atoms with Crippen LogP contribution in [0.5, 0.6) is 5.75 Å². The van der Waals surface area contributed by atoms with E-state index in [0.29, 0.717) is 23.7 Å². The van der Waals surface area contributed by atoms with Gasteiger partial charge in [0.2, 0.25) is 5.91 Å². The highest BCUT2D eigenvalue weighted by molar-refractivity contribution is 7.71. The van der Waals surface area contributed by atoms with Crippen LogP contribution >= 0.6 is 12.2 Å². The highest BCUT2D eigenvalue weighted by Gasteiger charge is 2.12. The minimum absolute atomic E-state index is 0.101. The van der Waals surface area contributed by atoms with E-state index in [9.17, 15) is 4.79 Å². The van der Waals surface area contributed by atoms with Crippen molar-refractivity contribution in [3.8, 4) is 17.1 Å². The van der Waals surface area contributed by atoms with Gasteiger partial charge in [0.15, 0.2) is 10.6 Å². The number of rotatable bonds is 7. The first-order chi connectivity index (χ1) is 12.6. The van der Waals surface area contributed by atoms with Crippen LogP contribution in [-0.4, -0.2) is 33.8 Å². The Kier molecular flexibility index (Phi) is 5.80. The summed E-state index contributed by atoms with van der Waals surface area (Å²) >= 11 is 5.26. The lowest BCUT2D eigenvalue weighted by atomic mass is 10.1. The number of aryl methyl sites for hydroxylation is 1. The molecule has 1 heterocycles. The Labute approximate surface area is 156 Å². The quantitative estimate of drug-likeness (QED) is 0.496. The van der Waals surface area contributed by atoms with Crippen molar-refractivity contribution in [2.45, 2.75) is 13.5 Å². The van der Waals surface area contributed by atoms with E-state index < -0.39 is 0 Å². The molecule has 1 amide bonds. The van der Waals surface area contributed by atoms with E-state index in [2.05, 4.69) is 15.5 Å². The van der Waals surface area contributed by atoms with Gasteiger partial charge >= 0.3 is 0 Å². The van der Waals surface area contributed by atoms with E-state index in [1.807, 2.05) is 61.5 Å². The predicted molar refractivity (Wildman–Crippen MR) is 103 cm³/mol. The largest absolute Gasteiger partial charge is 0.492 e. The Morgan fingerprint density at radius 3 is 2.81 bits per heavy atom. The van der Waals surface area contributed by atoms with Crippen LogP contribution in [0.1, 0.15) is 5.56 Å². The molecule has 0 bridgehead atoms. The van der Waals surface area contributed by atoms with Gasteiger partial charge in [-0.25, -0.2) is 0 Å². The minimum atomic E-state index is -0.145. The van der Waals surface area contributed by atoms with Crippen LogP contribution < -0.4 is 10.1 Å². The van der Waals surface area contributed by atoms with Gasteiger partial charge in [-0.05, 0) is 37.3 Å². The molecule has 0 radical (unpaired) electrons. The molecule has 1 aromatic heterocycles. The summed E-state index contributed by atoms with van der Waals surface area (Å²) in [6.07, 6.45) is 0. The summed E-state index contributed by atoms with van der Waals surface area (Å²) in [5.41, 5.74) is 2.03. The summed E-state index contributed by atoms with van der Waals surface area (Å²) in [6, 6.07) is 17.4. The maximum Gasteiger partial charge on any atom is 0.240 e. The van der Waals surface area contributed by atoms with Gasteiger partial charge in [-0.15, -0.1) is 0 Å². The molecule has 0 unspecified atom stereocenters. The lowest BCUT2D eigenvalue weighted by molar-refractivity contribution is -0.121. The number of aromatic nitrogens is 3. The Hall–Kier alpha value is -2.93. The fraction of sp³-hybridized carbons (Fsp3) is 0.211. The van der Waals surface area contributed by atoms with Gasteiger partial charge in [0, 0.05) is 5.56 Å². The number of benzene rings is 2. The van der Waals surface area contributed by atoms with Crippen LogP contribution in [0, 0.1) is 11.7 Å². The highest BCUT2D eigenvalue weighted by Crippen LogP contribution is 2.18. The summed E-state index contributed by atoms with van der Waals surface area (Å²) in [5.74, 6) is 1.28. The summed E-state index contributed by atoms with van der Waals surface area (Å²) in [6.45, 7) is 2.93. The maximum atomic E-state index is 12.2. The van der Waals surface area contributed by atoms with E-state index in [-0.39, 0.29) is 12.5 Å². The number of para-hydroxylation sites is 1. The average Bonchev–Trinajstić information content (AvgIpc) is 3.00. The van der Waals surface area contributed by atoms with Crippen LogP contribution in [0.4, 0.5) is 0 Å². The van der Waals surface area contributed by atoms with Gasteiger partial charge in [-0.2, -0.15) is 5.10 Å². The topological polar surface area (TPSA) is 71.9 Å². The number of nitrogens with zero attached hydrogens (tertiary/aromatic N) is 2. The summed E-state index contributed by atoms with van der Waals surface area (Å²) < 4.78 is 7.67. The summed E-state index contributed by atoms with van der Waals surface area (Å²) in [5, 5.41) is 9.85. The molecule has 0 fully saturated rings. The first-order valence-corrected chi connectivity index (χ1v) is 8.71. The number of ether oxygens (including phenoxy) is 1. The lowest BCUT2D eigenvalue weighted by Crippen LogP contribution is -2.31. The van der Waals surface area contributed by atoms with Gasteiger partial charge in [0.05, 0.1) is 6.54 Å². The molecule has 26 heavy (non-hydrogen) atoms. The Morgan fingerprint density at radius 1 is 1.23 bits per heavy atom. The van der Waals surface area contributed by atoms with Gasteiger partial charge in [-0.1, -0.05) is 42.0 Å². The second-order valence-electron chi connectivity index (χ2n) is 5.82. The molecule has 0 spiro atoms. The fourth-order valence-electron chi connectivity index (χ4n) is 2.54. The van der Waals surface area contributed by atoms with Crippen LogP contribution in [0.25, 0.3) is 11.4 Å². The Morgan fingerprint density at radius 2 is 2.04 bits per heavy atom. The first-order valence-electron chi connectivity index (χ1n) is 8.30. The zero-order valence-corrected chi connectivity index (χ0v) is 15.3. The molecule has 0 aliphatic heterocycles. The van der Waals surface area contributed by atoms with Gasteiger partial charge in [-0.3, -0.25) is 14.5 Å². The second-order valence-corrected chi connectivity index (χ2v) is 6.21. The number of carbonyl (C=O) groups is 1. The number of aromatic amines is 1. The predicted octanol–water partition coefficient (Wildman–Crippen LogP) is 3.11. The smallest absolute Gasteiger partial charge is 0.240 e. The average molecular weight is 368 g/mol. The van der Waals surface area contributed by atoms with Crippen LogP contribution in [0.2, 0.25) is 0 Å². The van der Waals surface area contributed by atoms with Crippen molar-refractivity contribution in [1.82, 2.24) is 20.1 Å². The normalized spacial score (nSPS) is 10.5. The molecule has 7 heteroatoms. The Bertz CT molecular complexity index is 934.